The van der Waals surface area contributed by atoms with Crippen molar-refractivity contribution in [2.45, 2.75) is 6.61 Å². The fourth-order valence-corrected chi connectivity index (χ4v) is 2.05. The molecule has 102 valence electrons. The van der Waals surface area contributed by atoms with Crippen molar-refractivity contribution < 1.29 is 4.74 Å². The fraction of sp³-hybridized carbons (Fsp3) is 0.154. The monoisotopic (exact) mass is 289 g/mol. The van der Waals surface area contributed by atoms with E-state index >= 15 is 0 Å². The molecule has 2 heterocycles. The molecule has 0 saturated heterocycles. The number of anilines is 1. The molecule has 20 heavy (non-hydrogen) atoms. The molecular formula is C13H12ClN5O. The Morgan fingerprint density at radius 2 is 2.10 bits per heavy atom. The van der Waals surface area contributed by atoms with Gasteiger partial charge in [-0.1, -0.05) is 23.7 Å². The van der Waals surface area contributed by atoms with Crippen molar-refractivity contribution in [1.29, 1.82) is 0 Å². The summed E-state index contributed by atoms with van der Waals surface area (Å²) in [4.78, 5) is 8.59. The first kappa shape index (κ1) is 12.7. The number of fused-ring (bicyclic) bond motifs is 1. The molecule has 0 aliphatic rings. The van der Waals surface area contributed by atoms with Gasteiger partial charge in [0, 0.05) is 7.05 Å². The second kappa shape index (κ2) is 4.97. The van der Waals surface area contributed by atoms with E-state index in [1.54, 1.807) is 30.1 Å². The molecule has 2 aromatic heterocycles. The number of para-hydroxylation sites is 1. The largest absolute Gasteiger partial charge is 0.484 e. The van der Waals surface area contributed by atoms with Crippen LogP contribution in [0.25, 0.3) is 11.0 Å². The Hall–Kier alpha value is -2.34. The summed E-state index contributed by atoms with van der Waals surface area (Å²) in [7, 11) is 1.80. The second-order valence-corrected chi connectivity index (χ2v) is 4.66. The van der Waals surface area contributed by atoms with E-state index in [2.05, 4.69) is 15.1 Å². The molecule has 0 amide bonds. The third-order valence-corrected chi connectivity index (χ3v) is 3.17. The maximum absolute atomic E-state index is 6.02. The Bertz CT molecular complexity index is 771. The SMILES string of the molecule is Cn1ncc2c(N)nc(COc3ccccc3Cl)nc21. The minimum atomic E-state index is 0.190. The molecule has 1 aromatic carbocycles. The van der Waals surface area contributed by atoms with E-state index in [-0.39, 0.29) is 6.61 Å². The topological polar surface area (TPSA) is 78.9 Å². The van der Waals surface area contributed by atoms with E-state index in [0.29, 0.717) is 28.1 Å². The lowest BCUT2D eigenvalue weighted by Gasteiger charge is -2.07. The van der Waals surface area contributed by atoms with Crippen molar-refractivity contribution >= 4 is 28.5 Å². The van der Waals surface area contributed by atoms with Crippen LogP contribution in [0.15, 0.2) is 30.5 Å². The molecular weight excluding hydrogens is 278 g/mol. The normalized spacial score (nSPS) is 10.9. The number of hydrogen-bond donors (Lipinski definition) is 1. The summed E-state index contributed by atoms with van der Waals surface area (Å²) >= 11 is 6.02. The smallest absolute Gasteiger partial charge is 0.170 e. The minimum absolute atomic E-state index is 0.190. The van der Waals surface area contributed by atoms with Gasteiger partial charge in [-0.2, -0.15) is 5.10 Å². The van der Waals surface area contributed by atoms with Crippen LogP contribution in [-0.4, -0.2) is 19.7 Å². The van der Waals surface area contributed by atoms with Gasteiger partial charge in [-0.15, -0.1) is 0 Å². The molecule has 0 atom stereocenters. The van der Waals surface area contributed by atoms with Crippen molar-refractivity contribution in [1.82, 2.24) is 19.7 Å². The van der Waals surface area contributed by atoms with Gasteiger partial charge in [-0.3, -0.25) is 4.68 Å². The predicted molar refractivity (Wildman–Crippen MR) is 76.5 cm³/mol. The van der Waals surface area contributed by atoms with E-state index in [1.165, 1.54) is 0 Å². The molecule has 3 aromatic rings. The van der Waals surface area contributed by atoms with Crippen LogP contribution in [0.5, 0.6) is 5.75 Å². The first-order chi connectivity index (χ1) is 9.65. The summed E-state index contributed by atoms with van der Waals surface area (Å²) in [5, 5.41) is 5.38. The van der Waals surface area contributed by atoms with Gasteiger partial charge in [0.05, 0.1) is 16.6 Å². The van der Waals surface area contributed by atoms with E-state index in [4.69, 9.17) is 22.1 Å². The molecule has 6 nitrogen and oxygen atoms in total. The molecule has 0 unspecified atom stereocenters. The van der Waals surface area contributed by atoms with Crippen molar-refractivity contribution in [3.8, 4) is 5.75 Å². The van der Waals surface area contributed by atoms with Crippen LogP contribution in [0, 0.1) is 0 Å². The number of aryl methyl sites for hydroxylation is 1. The van der Waals surface area contributed by atoms with Gasteiger partial charge in [0.15, 0.2) is 11.5 Å². The first-order valence-corrected chi connectivity index (χ1v) is 6.34. The molecule has 0 bridgehead atoms. The maximum Gasteiger partial charge on any atom is 0.170 e. The van der Waals surface area contributed by atoms with Crippen LogP contribution in [0.2, 0.25) is 5.02 Å². The zero-order valence-electron chi connectivity index (χ0n) is 10.7. The fourth-order valence-electron chi connectivity index (χ4n) is 1.86. The lowest BCUT2D eigenvalue weighted by Crippen LogP contribution is -2.06. The highest BCUT2D eigenvalue weighted by atomic mass is 35.5. The zero-order valence-corrected chi connectivity index (χ0v) is 11.5. The van der Waals surface area contributed by atoms with Crippen LogP contribution < -0.4 is 10.5 Å². The molecule has 0 aliphatic heterocycles. The van der Waals surface area contributed by atoms with Gasteiger partial charge in [0.25, 0.3) is 0 Å². The molecule has 3 rings (SSSR count). The third-order valence-electron chi connectivity index (χ3n) is 2.86. The Morgan fingerprint density at radius 1 is 1.30 bits per heavy atom. The molecule has 0 spiro atoms. The average molecular weight is 290 g/mol. The van der Waals surface area contributed by atoms with Gasteiger partial charge in [0.1, 0.15) is 18.2 Å². The van der Waals surface area contributed by atoms with Crippen LogP contribution in [0.1, 0.15) is 5.82 Å². The van der Waals surface area contributed by atoms with Crippen molar-refractivity contribution in [2.75, 3.05) is 5.73 Å². The number of aromatic nitrogens is 4. The van der Waals surface area contributed by atoms with Crippen molar-refractivity contribution in [2.24, 2.45) is 7.05 Å². The van der Waals surface area contributed by atoms with Crippen LogP contribution in [0.4, 0.5) is 5.82 Å². The number of ether oxygens (including phenoxy) is 1. The Kier molecular flexibility index (Phi) is 3.15. The molecule has 0 saturated carbocycles. The maximum atomic E-state index is 6.02. The standard InChI is InChI=1S/C13H12ClN5O/c1-19-13-8(6-16-19)12(15)17-11(18-13)7-20-10-5-3-2-4-9(10)14/h2-6H,7H2,1H3,(H2,15,17,18). The van der Waals surface area contributed by atoms with E-state index in [9.17, 15) is 0 Å². The number of rotatable bonds is 3. The minimum Gasteiger partial charge on any atom is -0.484 e. The Labute approximate surface area is 120 Å². The van der Waals surface area contributed by atoms with E-state index in [1.807, 2.05) is 12.1 Å². The predicted octanol–water partition coefficient (Wildman–Crippen LogP) is 2.18. The molecule has 0 radical (unpaired) electrons. The molecule has 0 aliphatic carbocycles. The molecule has 0 fully saturated rings. The number of halogens is 1. The summed E-state index contributed by atoms with van der Waals surface area (Å²) in [5.74, 6) is 1.46. The Balaban J connectivity index is 1.88. The van der Waals surface area contributed by atoms with Crippen molar-refractivity contribution in [3.05, 3.63) is 41.3 Å². The molecule has 2 N–H and O–H groups in total. The second-order valence-electron chi connectivity index (χ2n) is 4.25. The van der Waals surface area contributed by atoms with E-state index in [0.717, 1.165) is 5.39 Å². The number of hydrogen-bond acceptors (Lipinski definition) is 5. The lowest BCUT2D eigenvalue weighted by molar-refractivity contribution is 0.296. The highest BCUT2D eigenvalue weighted by molar-refractivity contribution is 6.32. The van der Waals surface area contributed by atoms with Gasteiger partial charge >= 0.3 is 0 Å². The quantitative estimate of drug-likeness (QED) is 0.799. The number of nitrogen functional groups attached to an aromatic ring is 1. The van der Waals surface area contributed by atoms with Gasteiger partial charge in [0.2, 0.25) is 0 Å². The van der Waals surface area contributed by atoms with Crippen LogP contribution in [0.3, 0.4) is 0 Å². The van der Waals surface area contributed by atoms with Gasteiger partial charge < -0.3 is 10.5 Å². The summed E-state index contributed by atoms with van der Waals surface area (Å²) < 4.78 is 7.25. The highest BCUT2D eigenvalue weighted by Crippen LogP contribution is 2.24. The van der Waals surface area contributed by atoms with E-state index < -0.39 is 0 Å². The summed E-state index contributed by atoms with van der Waals surface area (Å²) in [5.41, 5.74) is 6.56. The van der Waals surface area contributed by atoms with Crippen LogP contribution in [-0.2, 0) is 13.7 Å². The molecule has 7 heteroatoms. The van der Waals surface area contributed by atoms with Crippen LogP contribution >= 0.6 is 11.6 Å². The van der Waals surface area contributed by atoms with Gasteiger partial charge in [-0.25, -0.2) is 9.97 Å². The summed E-state index contributed by atoms with van der Waals surface area (Å²) in [6, 6.07) is 7.23. The Morgan fingerprint density at radius 3 is 2.90 bits per heavy atom. The number of nitrogens with zero attached hydrogens (tertiary/aromatic N) is 4. The lowest BCUT2D eigenvalue weighted by atomic mass is 10.3. The number of benzene rings is 1. The van der Waals surface area contributed by atoms with Gasteiger partial charge in [-0.05, 0) is 12.1 Å². The van der Waals surface area contributed by atoms with Crippen molar-refractivity contribution in [3.63, 3.8) is 0 Å². The highest BCUT2D eigenvalue weighted by Gasteiger charge is 2.10. The summed E-state index contributed by atoms with van der Waals surface area (Å²) in [6.07, 6.45) is 1.64. The number of nitrogens with two attached hydrogens (primary N) is 1. The third kappa shape index (κ3) is 2.25. The first-order valence-electron chi connectivity index (χ1n) is 5.96. The average Bonchev–Trinajstić information content (AvgIpc) is 2.80. The zero-order chi connectivity index (χ0) is 14.1. The summed E-state index contributed by atoms with van der Waals surface area (Å²) in [6.45, 7) is 0.190.